The number of nitrogens with zero attached hydrogens (tertiary/aromatic N) is 4. The highest BCUT2D eigenvalue weighted by atomic mass is 16.5. The molecule has 2 aromatic rings. The molecule has 7 heteroatoms. The Morgan fingerprint density at radius 2 is 1.81 bits per heavy atom. The molecule has 1 saturated heterocycles. The van der Waals surface area contributed by atoms with E-state index in [0.717, 1.165) is 63.6 Å². The molecule has 2 aliphatic rings. The smallest absolute Gasteiger partial charge is 0.334 e. The monoisotopic (exact) mass is 367 g/mol. The molecule has 3 heterocycles. The molecule has 1 fully saturated rings. The van der Waals surface area contributed by atoms with Crippen molar-refractivity contribution in [1.29, 1.82) is 0 Å². The van der Waals surface area contributed by atoms with Crippen LogP contribution in [0, 0.1) is 0 Å². The number of ether oxygens (including phenoxy) is 1. The van der Waals surface area contributed by atoms with Crippen LogP contribution < -0.4 is 15.0 Å². The highest BCUT2D eigenvalue weighted by Crippen LogP contribution is 2.29. The third-order valence-electron chi connectivity index (χ3n) is 5.14. The fourth-order valence-electron chi connectivity index (χ4n) is 3.60. The number of hydrogen-bond acceptors (Lipinski definition) is 7. The van der Waals surface area contributed by atoms with Crippen molar-refractivity contribution in [3.63, 3.8) is 0 Å². The predicted octanol–water partition coefficient (Wildman–Crippen LogP) is 2.17. The summed E-state index contributed by atoms with van der Waals surface area (Å²) in [5.74, 6) is 1.27. The maximum absolute atomic E-state index is 12.1. The van der Waals surface area contributed by atoms with E-state index in [1.807, 2.05) is 30.3 Å². The van der Waals surface area contributed by atoms with Crippen LogP contribution in [0.2, 0.25) is 0 Å². The summed E-state index contributed by atoms with van der Waals surface area (Å²) in [5, 5.41) is 3.30. The fraction of sp³-hybridized carbons (Fsp3) is 0.450. The molecule has 142 valence electrons. The number of fused-ring (bicyclic) bond motifs is 1. The molecule has 4 rings (SSSR count). The Bertz CT molecular complexity index is 762. The van der Waals surface area contributed by atoms with Crippen molar-refractivity contribution in [3.05, 3.63) is 42.7 Å². The molecule has 1 unspecified atom stereocenters. The normalized spacial score (nSPS) is 19.9. The number of rotatable bonds is 6. The first-order valence-corrected chi connectivity index (χ1v) is 9.61. The van der Waals surface area contributed by atoms with Gasteiger partial charge in [-0.05, 0) is 44.0 Å². The van der Waals surface area contributed by atoms with E-state index in [9.17, 15) is 4.79 Å². The van der Waals surface area contributed by atoms with Gasteiger partial charge >= 0.3 is 5.97 Å². The maximum atomic E-state index is 12.1. The van der Waals surface area contributed by atoms with Gasteiger partial charge in [0, 0.05) is 38.6 Å². The summed E-state index contributed by atoms with van der Waals surface area (Å²) in [5.41, 5.74) is 0.904. The second-order valence-electron chi connectivity index (χ2n) is 6.99. The van der Waals surface area contributed by atoms with Gasteiger partial charge in [0.25, 0.3) is 0 Å². The Morgan fingerprint density at radius 3 is 2.63 bits per heavy atom. The Balaban J connectivity index is 1.17. The van der Waals surface area contributed by atoms with E-state index in [0.29, 0.717) is 5.75 Å². The van der Waals surface area contributed by atoms with Crippen molar-refractivity contribution in [3.8, 4) is 5.75 Å². The van der Waals surface area contributed by atoms with E-state index in [1.165, 1.54) is 0 Å². The lowest BCUT2D eigenvalue weighted by atomic mass is 10.1. The molecule has 27 heavy (non-hydrogen) atoms. The first-order chi connectivity index (χ1) is 13.3. The van der Waals surface area contributed by atoms with Gasteiger partial charge in [0.1, 0.15) is 6.04 Å². The van der Waals surface area contributed by atoms with Crippen LogP contribution in [0.25, 0.3) is 0 Å². The van der Waals surface area contributed by atoms with Crippen LogP contribution in [0.3, 0.4) is 0 Å². The van der Waals surface area contributed by atoms with Crippen LogP contribution in [-0.2, 0) is 4.79 Å². The van der Waals surface area contributed by atoms with Crippen LogP contribution in [0.5, 0.6) is 5.75 Å². The number of carbonyl (C=O) groups excluding carboxylic acids is 1. The number of benzene rings is 1. The van der Waals surface area contributed by atoms with E-state index in [2.05, 4.69) is 25.1 Å². The van der Waals surface area contributed by atoms with Crippen LogP contribution in [0.1, 0.15) is 19.3 Å². The molecule has 0 saturated carbocycles. The van der Waals surface area contributed by atoms with Gasteiger partial charge < -0.3 is 15.0 Å². The summed E-state index contributed by atoms with van der Waals surface area (Å²) in [4.78, 5) is 25.5. The zero-order valence-electron chi connectivity index (χ0n) is 15.4. The number of para-hydroxylation sites is 2. The molecular weight excluding hydrogens is 342 g/mol. The molecule has 7 nitrogen and oxygen atoms in total. The van der Waals surface area contributed by atoms with E-state index in [4.69, 9.17) is 4.74 Å². The molecule has 0 aliphatic carbocycles. The fourth-order valence-corrected chi connectivity index (χ4v) is 3.60. The van der Waals surface area contributed by atoms with Crippen molar-refractivity contribution < 1.29 is 9.53 Å². The van der Waals surface area contributed by atoms with Gasteiger partial charge in [-0.2, -0.15) is 0 Å². The van der Waals surface area contributed by atoms with Crippen molar-refractivity contribution in [2.24, 2.45) is 0 Å². The molecule has 1 N–H and O–H groups in total. The molecule has 0 radical (unpaired) electrons. The zero-order valence-corrected chi connectivity index (χ0v) is 15.4. The summed E-state index contributed by atoms with van der Waals surface area (Å²) in [6.45, 7) is 5.02. The minimum Gasteiger partial charge on any atom is -0.423 e. The quantitative estimate of drug-likeness (QED) is 0.477. The van der Waals surface area contributed by atoms with Crippen LogP contribution >= 0.6 is 0 Å². The first-order valence-electron chi connectivity index (χ1n) is 9.61. The van der Waals surface area contributed by atoms with Crippen molar-refractivity contribution in [2.45, 2.75) is 25.3 Å². The number of nitrogens with one attached hydrogen (secondary N) is 1. The summed E-state index contributed by atoms with van der Waals surface area (Å²) < 4.78 is 5.42. The predicted molar refractivity (Wildman–Crippen MR) is 104 cm³/mol. The van der Waals surface area contributed by atoms with Gasteiger partial charge in [-0.1, -0.05) is 12.1 Å². The summed E-state index contributed by atoms with van der Waals surface area (Å²) in [6, 6.07) is 9.18. The van der Waals surface area contributed by atoms with Crippen molar-refractivity contribution in [1.82, 2.24) is 14.9 Å². The topological polar surface area (TPSA) is 70.6 Å². The van der Waals surface area contributed by atoms with Crippen LogP contribution in [0.15, 0.2) is 42.7 Å². The van der Waals surface area contributed by atoms with E-state index in [-0.39, 0.29) is 12.0 Å². The second-order valence-corrected chi connectivity index (χ2v) is 6.99. The average molecular weight is 367 g/mol. The van der Waals surface area contributed by atoms with Gasteiger partial charge in [0.15, 0.2) is 5.75 Å². The van der Waals surface area contributed by atoms with Crippen LogP contribution in [-0.4, -0.2) is 59.6 Å². The number of carbonyl (C=O) groups is 1. The molecular formula is C20H25N5O2. The molecule has 0 spiro atoms. The number of esters is 1. The Kier molecular flexibility index (Phi) is 5.48. The number of aromatic nitrogens is 2. The number of piperazine rings is 1. The lowest BCUT2D eigenvalue weighted by Gasteiger charge is -2.34. The van der Waals surface area contributed by atoms with Gasteiger partial charge in [-0.3, -0.25) is 4.90 Å². The summed E-state index contributed by atoms with van der Waals surface area (Å²) in [7, 11) is 0. The highest BCUT2D eigenvalue weighted by molar-refractivity contribution is 5.86. The van der Waals surface area contributed by atoms with Gasteiger partial charge in [-0.15, -0.1) is 0 Å². The van der Waals surface area contributed by atoms with Crippen molar-refractivity contribution in [2.75, 3.05) is 42.9 Å². The van der Waals surface area contributed by atoms with E-state index >= 15 is 0 Å². The number of unbranched alkanes of at least 4 members (excludes halogenated alkanes) is 1. The molecule has 1 aromatic carbocycles. The Hall–Kier alpha value is -2.67. The Morgan fingerprint density at radius 1 is 1.04 bits per heavy atom. The van der Waals surface area contributed by atoms with E-state index in [1.54, 1.807) is 12.4 Å². The first kappa shape index (κ1) is 17.7. The highest BCUT2D eigenvalue weighted by Gasteiger charge is 2.27. The molecule has 1 aromatic heterocycles. The summed E-state index contributed by atoms with van der Waals surface area (Å²) >= 11 is 0. The minimum absolute atomic E-state index is 0.176. The second kappa shape index (κ2) is 8.35. The maximum Gasteiger partial charge on any atom is 0.334 e. The lowest BCUT2D eigenvalue weighted by Crippen LogP contribution is -2.47. The van der Waals surface area contributed by atoms with E-state index < -0.39 is 0 Å². The number of hydrogen-bond donors (Lipinski definition) is 1. The molecule has 0 bridgehead atoms. The van der Waals surface area contributed by atoms with Crippen molar-refractivity contribution >= 4 is 17.6 Å². The van der Waals surface area contributed by atoms with Gasteiger partial charge in [-0.25, -0.2) is 14.8 Å². The van der Waals surface area contributed by atoms with Gasteiger partial charge in [0.2, 0.25) is 5.95 Å². The third-order valence-corrected chi connectivity index (χ3v) is 5.14. The summed E-state index contributed by atoms with van der Waals surface area (Å²) in [6.07, 6.45) is 6.45. The third kappa shape index (κ3) is 4.36. The lowest BCUT2D eigenvalue weighted by molar-refractivity contribution is -0.136. The molecule has 1 atom stereocenters. The van der Waals surface area contributed by atoms with Gasteiger partial charge in [0.05, 0.1) is 5.69 Å². The number of anilines is 2. The molecule has 0 amide bonds. The SMILES string of the molecule is O=C1Oc2ccccc2NC1CCCCN1CCN(c2ncccn2)CC1. The van der Waals surface area contributed by atoms with Crippen LogP contribution in [0.4, 0.5) is 11.6 Å². The Labute approximate surface area is 159 Å². The largest absolute Gasteiger partial charge is 0.423 e. The average Bonchev–Trinajstić information content (AvgIpc) is 2.72. The molecule has 2 aliphatic heterocycles. The standard InChI is InChI=1S/C20H25N5O2/c26-19-17(23-16-6-1-2-8-18(16)27-19)7-3-4-11-24-12-14-25(15-13-24)20-21-9-5-10-22-20/h1-2,5-6,8-10,17,23H,3-4,7,11-15H2. The zero-order chi connectivity index (χ0) is 18.5. The minimum atomic E-state index is -0.244.